The number of hydrogen-bond donors (Lipinski definition) is 0. The van der Waals surface area contributed by atoms with Gasteiger partial charge in [0.2, 0.25) is 5.78 Å². The third-order valence-corrected chi connectivity index (χ3v) is 6.64. The second-order valence-corrected chi connectivity index (χ2v) is 10.4. The van der Waals surface area contributed by atoms with Gasteiger partial charge in [-0.2, -0.15) is 0 Å². The predicted octanol–water partition coefficient (Wildman–Crippen LogP) is 9.25. The summed E-state index contributed by atoms with van der Waals surface area (Å²) in [5.41, 5.74) is 8.08. The highest BCUT2D eigenvalue weighted by Crippen LogP contribution is 2.23. The summed E-state index contributed by atoms with van der Waals surface area (Å²) in [6.07, 6.45) is 21.9. The Bertz CT molecular complexity index is 986. The van der Waals surface area contributed by atoms with Gasteiger partial charge in [-0.3, -0.25) is 9.59 Å². The van der Waals surface area contributed by atoms with E-state index >= 15 is 0 Å². The number of methoxy groups -OCH3 is 1. The van der Waals surface area contributed by atoms with Crippen molar-refractivity contribution in [3.63, 3.8) is 0 Å². The molecule has 1 aliphatic carbocycles. The zero-order valence-corrected chi connectivity index (χ0v) is 24.1. The molecule has 1 rings (SSSR count). The van der Waals surface area contributed by atoms with Gasteiger partial charge in [0, 0.05) is 17.2 Å². The first-order chi connectivity index (χ1) is 17.0. The minimum atomic E-state index is -0.177. The molecule has 198 valence electrons. The van der Waals surface area contributed by atoms with Crippen LogP contribution in [0.25, 0.3) is 0 Å². The van der Waals surface area contributed by atoms with E-state index in [-0.39, 0.29) is 17.3 Å². The largest absolute Gasteiger partial charge is 0.493 e. The fourth-order valence-corrected chi connectivity index (χ4v) is 4.07. The molecule has 0 unspecified atom stereocenters. The van der Waals surface area contributed by atoms with Crippen LogP contribution in [0.15, 0.2) is 81.2 Å². The van der Waals surface area contributed by atoms with Crippen LogP contribution < -0.4 is 0 Å². The van der Waals surface area contributed by atoms with Crippen molar-refractivity contribution in [2.24, 2.45) is 0 Å². The summed E-state index contributed by atoms with van der Waals surface area (Å²) in [5, 5.41) is 0. The molecule has 3 heteroatoms. The highest BCUT2D eigenvalue weighted by molar-refractivity contribution is 6.21. The monoisotopic (exact) mass is 492 g/mol. The van der Waals surface area contributed by atoms with Gasteiger partial charge in [0.05, 0.1) is 7.11 Å². The average molecular weight is 493 g/mol. The van der Waals surface area contributed by atoms with E-state index < -0.39 is 0 Å². The molecule has 0 aliphatic heterocycles. The average Bonchev–Trinajstić information content (AvgIpc) is 2.81. The maximum atomic E-state index is 12.5. The van der Waals surface area contributed by atoms with Gasteiger partial charge in [-0.05, 0) is 106 Å². The molecule has 0 saturated carbocycles. The van der Waals surface area contributed by atoms with Crippen LogP contribution in [-0.2, 0) is 14.3 Å². The Labute approximate surface area is 220 Å². The third-order valence-electron chi connectivity index (χ3n) is 6.64. The first kappa shape index (κ1) is 31.4. The quantitative estimate of drug-likeness (QED) is 0.169. The fraction of sp³-hybridized carbons (Fsp3) is 0.515. The molecule has 0 aromatic carbocycles. The van der Waals surface area contributed by atoms with Gasteiger partial charge in [-0.15, -0.1) is 0 Å². The summed E-state index contributed by atoms with van der Waals surface area (Å²) in [4.78, 5) is 24.5. The van der Waals surface area contributed by atoms with Crippen LogP contribution in [0.4, 0.5) is 0 Å². The van der Waals surface area contributed by atoms with Gasteiger partial charge in [-0.1, -0.05) is 58.2 Å². The molecule has 0 radical (unpaired) electrons. The summed E-state index contributed by atoms with van der Waals surface area (Å²) in [5.74, 6) is -0.184. The van der Waals surface area contributed by atoms with Crippen LogP contribution in [0.2, 0.25) is 0 Å². The predicted molar refractivity (Wildman–Crippen MR) is 154 cm³/mol. The Morgan fingerprint density at radius 1 is 0.694 bits per heavy atom. The van der Waals surface area contributed by atoms with E-state index in [1.807, 2.05) is 0 Å². The highest BCUT2D eigenvalue weighted by Gasteiger charge is 2.25. The van der Waals surface area contributed by atoms with Crippen LogP contribution in [-0.4, -0.2) is 18.7 Å². The molecular formula is C33H48O3. The molecule has 3 nitrogen and oxygen atoms in total. The SMILES string of the molecule is COC1=CC(=O)C(C)=C(CC=C(C)CCC=C(C)CCC=C(C)CCC=C(C)CCC=C(C)C)C1=O. The van der Waals surface area contributed by atoms with E-state index in [1.54, 1.807) is 6.92 Å². The molecule has 0 saturated heterocycles. The fourth-order valence-electron chi connectivity index (χ4n) is 4.07. The van der Waals surface area contributed by atoms with Gasteiger partial charge in [0.25, 0.3) is 0 Å². The number of ketones is 2. The Hall–Kier alpha value is -2.68. The lowest BCUT2D eigenvalue weighted by atomic mass is 9.91. The highest BCUT2D eigenvalue weighted by atomic mass is 16.5. The zero-order chi connectivity index (χ0) is 27.1. The van der Waals surface area contributed by atoms with Crippen molar-refractivity contribution in [3.8, 4) is 0 Å². The van der Waals surface area contributed by atoms with Crippen LogP contribution in [0.5, 0.6) is 0 Å². The standard InChI is InChI=1S/C33H48O3/c1-24(2)13-9-14-25(3)15-10-16-26(4)17-11-18-27(5)19-12-20-28(6)21-22-30-29(7)31(34)23-32(36-8)33(30)35/h13,15,17,19,21,23H,9-12,14,16,18,20,22H2,1-8H3. The Morgan fingerprint density at radius 2 is 1.11 bits per heavy atom. The summed E-state index contributed by atoms with van der Waals surface area (Å²) in [6, 6.07) is 0. The van der Waals surface area contributed by atoms with Crippen molar-refractivity contribution in [2.75, 3.05) is 7.11 Å². The number of Topliss-reactive ketones (excluding diaryl/α,β-unsaturated/α-hetero) is 1. The van der Waals surface area contributed by atoms with Gasteiger partial charge in [0.15, 0.2) is 11.5 Å². The molecular weight excluding hydrogens is 444 g/mol. The summed E-state index contributed by atoms with van der Waals surface area (Å²) in [6.45, 7) is 14.8. The van der Waals surface area contributed by atoms with Crippen molar-refractivity contribution in [3.05, 3.63) is 81.2 Å². The second kappa shape index (κ2) is 16.9. The summed E-state index contributed by atoms with van der Waals surface area (Å²) >= 11 is 0. The molecule has 36 heavy (non-hydrogen) atoms. The zero-order valence-electron chi connectivity index (χ0n) is 24.1. The minimum Gasteiger partial charge on any atom is -0.493 e. The molecule has 1 aliphatic rings. The van der Waals surface area contributed by atoms with E-state index in [2.05, 4.69) is 71.9 Å². The van der Waals surface area contributed by atoms with E-state index in [0.717, 1.165) is 51.4 Å². The number of carbonyl (C=O) groups excluding carboxylic acids is 2. The van der Waals surface area contributed by atoms with Crippen LogP contribution in [0, 0.1) is 0 Å². The van der Waals surface area contributed by atoms with E-state index in [0.29, 0.717) is 17.6 Å². The normalized spacial score (nSPS) is 15.9. The van der Waals surface area contributed by atoms with Crippen molar-refractivity contribution in [2.45, 2.75) is 106 Å². The molecule has 0 N–H and O–H groups in total. The van der Waals surface area contributed by atoms with Gasteiger partial charge in [-0.25, -0.2) is 0 Å². The molecule has 0 spiro atoms. The van der Waals surface area contributed by atoms with Crippen LogP contribution >= 0.6 is 0 Å². The second-order valence-electron chi connectivity index (χ2n) is 10.4. The first-order valence-electron chi connectivity index (χ1n) is 13.4. The number of allylic oxidation sites excluding steroid dienone is 13. The number of carbonyl (C=O) groups is 2. The van der Waals surface area contributed by atoms with Gasteiger partial charge in [0.1, 0.15) is 0 Å². The lowest BCUT2D eigenvalue weighted by molar-refractivity contribution is -0.118. The Morgan fingerprint density at radius 3 is 1.53 bits per heavy atom. The van der Waals surface area contributed by atoms with Crippen LogP contribution in [0.3, 0.4) is 0 Å². The Balaban J connectivity index is 2.40. The molecule has 0 amide bonds. The summed E-state index contributed by atoms with van der Waals surface area (Å²) < 4.78 is 5.07. The topological polar surface area (TPSA) is 43.4 Å². The molecule has 0 aromatic rings. The lowest BCUT2D eigenvalue weighted by Crippen LogP contribution is -2.19. The molecule has 0 aromatic heterocycles. The smallest absolute Gasteiger partial charge is 0.224 e. The minimum absolute atomic E-state index is 0.135. The molecule has 0 bridgehead atoms. The molecule has 0 fully saturated rings. The number of rotatable bonds is 15. The van der Waals surface area contributed by atoms with Crippen molar-refractivity contribution < 1.29 is 14.3 Å². The maximum Gasteiger partial charge on any atom is 0.224 e. The lowest BCUT2D eigenvalue weighted by Gasteiger charge is -2.15. The van der Waals surface area contributed by atoms with Crippen LogP contribution in [0.1, 0.15) is 106 Å². The molecule has 0 heterocycles. The van der Waals surface area contributed by atoms with Crippen molar-refractivity contribution in [1.29, 1.82) is 0 Å². The van der Waals surface area contributed by atoms with Gasteiger partial charge >= 0.3 is 0 Å². The molecule has 0 atom stereocenters. The number of hydrogen-bond acceptors (Lipinski definition) is 3. The maximum absolute atomic E-state index is 12.5. The third kappa shape index (κ3) is 12.3. The van der Waals surface area contributed by atoms with E-state index in [1.165, 1.54) is 41.1 Å². The number of ether oxygens (including phenoxy) is 1. The summed E-state index contributed by atoms with van der Waals surface area (Å²) in [7, 11) is 1.43. The van der Waals surface area contributed by atoms with Crippen molar-refractivity contribution >= 4 is 11.6 Å². The van der Waals surface area contributed by atoms with E-state index in [9.17, 15) is 9.59 Å². The first-order valence-corrected chi connectivity index (χ1v) is 13.4. The van der Waals surface area contributed by atoms with E-state index in [4.69, 9.17) is 4.74 Å². The Kier molecular flexibility index (Phi) is 14.7. The van der Waals surface area contributed by atoms with Crippen molar-refractivity contribution in [1.82, 2.24) is 0 Å². The van der Waals surface area contributed by atoms with Gasteiger partial charge < -0.3 is 4.74 Å².